The molecule has 43 heavy (non-hydrogen) atoms. The van der Waals surface area contributed by atoms with Gasteiger partial charge in [0, 0.05) is 12.5 Å². The number of benzene rings is 3. The molecule has 224 valence electrons. The zero-order chi connectivity index (χ0) is 30.4. The van der Waals surface area contributed by atoms with Gasteiger partial charge in [0.2, 0.25) is 0 Å². The monoisotopic (exact) mass is 668 g/mol. The number of carbonyl (C=O) groups is 1. The zero-order valence-electron chi connectivity index (χ0n) is 23.6. The van der Waals surface area contributed by atoms with Gasteiger partial charge in [0.05, 0.1) is 13.2 Å². The Kier molecular flexibility index (Phi) is 9.73. The minimum atomic E-state index is -4.09. The van der Waals surface area contributed by atoms with Crippen LogP contribution in [0.5, 0.6) is 17.2 Å². The van der Waals surface area contributed by atoms with E-state index in [1.165, 1.54) is 13.2 Å². The summed E-state index contributed by atoms with van der Waals surface area (Å²) in [6.07, 6.45) is 2.02. The minimum absolute atomic E-state index is 0.0265. The van der Waals surface area contributed by atoms with Gasteiger partial charge in [-0.15, -0.1) is 0 Å². The summed E-state index contributed by atoms with van der Waals surface area (Å²) in [5.74, 6) is 0.696. The van der Waals surface area contributed by atoms with Crippen molar-refractivity contribution in [1.29, 1.82) is 5.26 Å². The van der Waals surface area contributed by atoms with Gasteiger partial charge >= 0.3 is 123 Å². The number of aromatic hydroxyl groups is 1. The van der Waals surface area contributed by atoms with Crippen LogP contribution in [0.3, 0.4) is 0 Å². The van der Waals surface area contributed by atoms with Crippen LogP contribution in [-0.4, -0.2) is 59.0 Å². The Balaban J connectivity index is 1.36. The normalized spacial score (nSPS) is 19.2. The Morgan fingerprint density at radius 3 is 2.44 bits per heavy atom. The Morgan fingerprint density at radius 2 is 1.72 bits per heavy atom. The van der Waals surface area contributed by atoms with Crippen molar-refractivity contribution in [1.82, 2.24) is 0 Å². The van der Waals surface area contributed by atoms with E-state index in [4.69, 9.17) is 18.9 Å². The van der Waals surface area contributed by atoms with E-state index in [2.05, 4.69) is 10.3 Å². The quantitative estimate of drug-likeness (QED) is 0.141. The molecular formula is C32H32N2O7SSe. The predicted octanol–water partition coefficient (Wildman–Crippen LogP) is 5.36. The number of phenols is 1. The Labute approximate surface area is 257 Å². The fraction of sp³-hybridized carbons (Fsp3) is 0.312. The fourth-order valence-electron chi connectivity index (χ4n) is 5.48. The number of nitriles is 1. The maximum Gasteiger partial charge on any atom is 0.115 e. The van der Waals surface area contributed by atoms with Crippen molar-refractivity contribution in [3.8, 4) is 22.2 Å². The number of fused-ring (bicyclic) bond motifs is 2. The van der Waals surface area contributed by atoms with E-state index < -0.39 is 27.6 Å². The first-order chi connectivity index (χ1) is 20.8. The number of nitrogens with zero attached hydrogens (tertiary/aromatic N) is 1. The van der Waals surface area contributed by atoms with Crippen LogP contribution in [-0.2, 0) is 19.6 Å². The van der Waals surface area contributed by atoms with Gasteiger partial charge in [-0.1, -0.05) is 18.2 Å². The van der Waals surface area contributed by atoms with Crippen molar-refractivity contribution in [2.24, 2.45) is 0 Å². The molecule has 0 radical (unpaired) electrons. The number of rotatable bonds is 13. The van der Waals surface area contributed by atoms with E-state index in [1.807, 2.05) is 12.1 Å². The summed E-state index contributed by atoms with van der Waals surface area (Å²) >= 11 is 0.0265. The smallest absolute Gasteiger partial charge is 0.115 e. The zero-order valence-corrected chi connectivity index (χ0v) is 26.1. The van der Waals surface area contributed by atoms with Gasteiger partial charge in [-0.3, -0.25) is 0 Å². The van der Waals surface area contributed by atoms with Crippen LogP contribution in [0.25, 0.3) is 11.1 Å². The van der Waals surface area contributed by atoms with E-state index in [1.54, 1.807) is 54.6 Å². The molecule has 2 aliphatic heterocycles. The number of amides is 1. The van der Waals surface area contributed by atoms with Crippen molar-refractivity contribution in [2.45, 2.75) is 54.9 Å². The SMILES string of the molecule is COc1cccc(OS(=O)(=O)C2CC3OC2C(c2ccc(NC(=O)CCCCC[Se]C#N)cc2)=C3c2ccc(O)cc2)c1. The van der Waals surface area contributed by atoms with Crippen molar-refractivity contribution in [2.75, 3.05) is 12.4 Å². The third-order valence-corrected chi connectivity index (χ3v) is 10.4. The summed E-state index contributed by atoms with van der Waals surface area (Å²) in [5, 5.41) is 21.4. The predicted molar refractivity (Wildman–Crippen MR) is 164 cm³/mol. The van der Waals surface area contributed by atoms with Gasteiger partial charge in [0.25, 0.3) is 0 Å². The standard InChI is InChI=1S/C32H32N2O7SSe/c1-39-25-6-5-7-26(18-25)41-42(37,38)28-19-27-30(21-11-15-24(35)16-12-21)31(32(28)40-27)22-9-13-23(14-10-22)34-29(36)8-3-2-4-17-43-20-33/h5-7,9-16,18,27-28,32,35H,2-4,8,17,19H2,1H3,(H,34,36). The number of anilines is 1. The molecule has 0 spiro atoms. The molecule has 11 heteroatoms. The molecule has 0 aliphatic carbocycles. The molecule has 2 N–H and O–H groups in total. The Bertz CT molecular complexity index is 1630. The maximum atomic E-state index is 13.5. The number of nitrogens with one attached hydrogen (secondary N) is 1. The number of carbonyl (C=O) groups excluding carboxylic acids is 1. The molecule has 5 rings (SSSR count). The number of hydrogen-bond acceptors (Lipinski definition) is 8. The molecule has 2 aliphatic rings. The van der Waals surface area contributed by atoms with Crippen LogP contribution in [0.2, 0.25) is 5.32 Å². The van der Waals surface area contributed by atoms with Crippen LogP contribution < -0.4 is 14.2 Å². The van der Waals surface area contributed by atoms with Crippen LogP contribution in [0.1, 0.15) is 43.2 Å². The molecule has 3 atom stereocenters. The van der Waals surface area contributed by atoms with Gasteiger partial charge in [-0.05, 0) is 35.4 Å². The average Bonchev–Trinajstić information content (AvgIpc) is 3.60. The molecule has 1 fully saturated rings. The molecule has 0 saturated carbocycles. The molecule has 2 heterocycles. The molecule has 0 aromatic heterocycles. The topological polar surface area (TPSA) is 135 Å². The number of methoxy groups -OCH3 is 1. The van der Waals surface area contributed by atoms with E-state index in [0.29, 0.717) is 17.9 Å². The van der Waals surface area contributed by atoms with Crippen molar-refractivity contribution in [3.63, 3.8) is 0 Å². The summed E-state index contributed by atoms with van der Waals surface area (Å²) in [5.41, 5.74) is 3.85. The summed E-state index contributed by atoms with van der Waals surface area (Å²) in [4.78, 5) is 14.6. The van der Waals surface area contributed by atoms with Gasteiger partial charge in [0.1, 0.15) is 28.6 Å². The summed E-state index contributed by atoms with van der Waals surface area (Å²) in [6, 6.07) is 20.5. The van der Waals surface area contributed by atoms with Crippen molar-refractivity contribution >= 4 is 47.8 Å². The van der Waals surface area contributed by atoms with Crippen LogP contribution in [0, 0.1) is 10.2 Å². The molecule has 1 amide bonds. The van der Waals surface area contributed by atoms with Gasteiger partial charge in [0.15, 0.2) is 0 Å². The molecular weight excluding hydrogens is 635 g/mol. The summed E-state index contributed by atoms with van der Waals surface area (Å²) in [6.45, 7) is 0. The molecule has 2 bridgehead atoms. The molecule has 3 aromatic rings. The van der Waals surface area contributed by atoms with Gasteiger partial charge in [-0.25, -0.2) is 0 Å². The number of hydrogen-bond donors (Lipinski definition) is 2. The fourth-order valence-corrected chi connectivity index (χ4v) is 7.81. The Hall–Kier alpha value is -3.81. The van der Waals surface area contributed by atoms with E-state index >= 15 is 0 Å². The number of unbranched alkanes of at least 4 members (excludes halogenated alkanes) is 2. The third kappa shape index (κ3) is 7.23. The van der Waals surface area contributed by atoms with Crippen molar-refractivity contribution in [3.05, 3.63) is 83.9 Å². The van der Waals surface area contributed by atoms with E-state index in [9.17, 15) is 18.3 Å². The molecule has 3 aromatic carbocycles. The Morgan fingerprint density at radius 1 is 1.02 bits per heavy atom. The molecule has 1 saturated heterocycles. The molecule has 9 nitrogen and oxygen atoms in total. The van der Waals surface area contributed by atoms with Gasteiger partial charge < -0.3 is 18.8 Å². The summed E-state index contributed by atoms with van der Waals surface area (Å²) in [7, 11) is -2.59. The third-order valence-electron chi connectivity index (χ3n) is 7.49. The van der Waals surface area contributed by atoms with E-state index in [0.717, 1.165) is 46.9 Å². The van der Waals surface area contributed by atoms with Crippen molar-refractivity contribution < 1.29 is 32.0 Å². The molecule has 3 unspecified atom stereocenters. The van der Waals surface area contributed by atoms with Crippen LogP contribution in [0.4, 0.5) is 5.69 Å². The number of phenolic OH excluding ortho intramolecular Hbond substituents is 1. The van der Waals surface area contributed by atoms with E-state index in [-0.39, 0.29) is 38.8 Å². The minimum Gasteiger partial charge on any atom is -0.508 e. The first kappa shape index (κ1) is 30.6. The first-order valence-corrected chi connectivity index (χ1v) is 17.5. The second kappa shape index (κ2) is 13.7. The second-order valence-electron chi connectivity index (χ2n) is 10.3. The number of ether oxygens (including phenoxy) is 2. The average molecular weight is 668 g/mol. The van der Waals surface area contributed by atoms with Gasteiger partial charge in [-0.2, -0.15) is 8.42 Å². The van der Waals surface area contributed by atoms with Crippen LogP contribution in [0.15, 0.2) is 72.8 Å². The second-order valence-corrected chi connectivity index (χ2v) is 13.9. The maximum absolute atomic E-state index is 13.5. The first-order valence-electron chi connectivity index (χ1n) is 14.0. The van der Waals surface area contributed by atoms with Crippen LogP contribution >= 0.6 is 0 Å². The largest absolute Gasteiger partial charge is 0.508 e. The summed E-state index contributed by atoms with van der Waals surface area (Å²) < 4.78 is 44.1.